The Bertz CT molecular complexity index is 301. The van der Waals surface area contributed by atoms with Gasteiger partial charge in [-0.15, -0.1) is 0 Å². The molecule has 2 rings (SSSR count). The Balaban J connectivity index is 1.88. The molecular formula is C12H17NO2. The van der Waals surface area contributed by atoms with Gasteiger partial charge in [-0.2, -0.15) is 0 Å². The Hall–Kier alpha value is -1.06. The summed E-state index contributed by atoms with van der Waals surface area (Å²) in [7, 11) is 0. The van der Waals surface area contributed by atoms with Crippen LogP contribution in [0.1, 0.15) is 13.8 Å². The third-order valence-corrected chi connectivity index (χ3v) is 2.41. The number of rotatable bonds is 2. The molecule has 1 aromatic carbocycles. The van der Waals surface area contributed by atoms with Gasteiger partial charge in [0.05, 0.1) is 19.3 Å². The van der Waals surface area contributed by atoms with Gasteiger partial charge in [0, 0.05) is 5.69 Å². The van der Waals surface area contributed by atoms with Gasteiger partial charge in [0.15, 0.2) is 5.79 Å². The van der Waals surface area contributed by atoms with Gasteiger partial charge >= 0.3 is 0 Å². The molecule has 3 heteroatoms. The summed E-state index contributed by atoms with van der Waals surface area (Å²) in [5.74, 6) is -0.436. The van der Waals surface area contributed by atoms with Crippen molar-refractivity contribution in [2.45, 2.75) is 25.7 Å². The minimum Gasteiger partial charge on any atom is -0.378 e. The van der Waals surface area contributed by atoms with Crippen LogP contribution >= 0.6 is 0 Å². The van der Waals surface area contributed by atoms with Crippen LogP contribution < -0.4 is 5.32 Å². The number of benzene rings is 1. The van der Waals surface area contributed by atoms with Crippen LogP contribution in [0.5, 0.6) is 0 Å². The molecule has 0 bridgehead atoms. The second-order valence-corrected chi connectivity index (χ2v) is 4.23. The molecule has 82 valence electrons. The van der Waals surface area contributed by atoms with Crippen molar-refractivity contribution in [1.82, 2.24) is 0 Å². The van der Waals surface area contributed by atoms with Crippen molar-refractivity contribution in [3.05, 3.63) is 30.3 Å². The van der Waals surface area contributed by atoms with Crippen LogP contribution in [0.2, 0.25) is 0 Å². The monoisotopic (exact) mass is 207 g/mol. The smallest absolute Gasteiger partial charge is 0.162 e. The van der Waals surface area contributed by atoms with Crippen molar-refractivity contribution < 1.29 is 9.47 Å². The van der Waals surface area contributed by atoms with Crippen LogP contribution in [-0.2, 0) is 9.47 Å². The Labute approximate surface area is 90.4 Å². The fourth-order valence-electron chi connectivity index (χ4n) is 1.55. The van der Waals surface area contributed by atoms with Gasteiger partial charge < -0.3 is 14.8 Å². The van der Waals surface area contributed by atoms with E-state index in [-0.39, 0.29) is 6.04 Å². The second-order valence-electron chi connectivity index (χ2n) is 4.23. The third kappa shape index (κ3) is 2.94. The topological polar surface area (TPSA) is 30.5 Å². The fraction of sp³-hybridized carbons (Fsp3) is 0.500. The van der Waals surface area contributed by atoms with Crippen molar-refractivity contribution >= 4 is 5.69 Å². The SMILES string of the molecule is CC1(C)OCC(Nc2ccccc2)CO1. The number of nitrogens with one attached hydrogen (secondary N) is 1. The normalized spacial score (nSPS) is 21.2. The second kappa shape index (κ2) is 4.21. The summed E-state index contributed by atoms with van der Waals surface area (Å²) >= 11 is 0. The molecule has 0 saturated carbocycles. The Morgan fingerprint density at radius 2 is 1.73 bits per heavy atom. The standard InChI is InChI=1S/C12H17NO2/c1-12(2)14-8-11(9-15-12)13-10-6-4-3-5-7-10/h3-7,11,13H,8-9H2,1-2H3. The molecule has 0 aliphatic carbocycles. The summed E-state index contributed by atoms with van der Waals surface area (Å²) < 4.78 is 11.1. The quantitative estimate of drug-likeness (QED) is 0.806. The van der Waals surface area contributed by atoms with Crippen LogP contribution in [-0.4, -0.2) is 25.0 Å². The molecule has 0 aromatic heterocycles. The van der Waals surface area contributed by atoms with Gasteiger partial charge in [0.2, 0.25) is 0 Å². The van der Waals surface area contributed by atoms with Crippen LogP contribution in [0.15, 0.2) is 30.3 Å². The average molecular weight is 207 g/mol. The predicted molar refractivity (Wildman–Crippen MR) is 59.8 cm³/mol. The molecule has 0 radical (unpaired) electrons. The van der Waals surface area contributed by atoms with Crippen LogP contribution in [0, 0.1) is 0 Å². The lowest BCUT2D eigenvalue weighted by atomic mass is 10.2. The minimum atomic E-state index is -0.436. The van der Waals surface area contributed by atoms with E-state index in [1.807, 2.05) is 44.2 Å². The first kappa shape index (κ1) is 10.5. The van der Waals surface area contributed by atoms with Gasteiger partial charge in [-0.1, -0.05) is 18.2 Å². The molecule has 1 saturated heterocycles. The highest BCUT2D eigenvalue weighted by molar-refractivity contribution is 5.43. The first-order chi connectivity index (χ1) is 7.16. The summed E-state index contributed by atoms with van der Waals surface area (Å²) in [6.45, 7) is 5.24. The zero-order chi connectivity index (χ0) is 10.7. The van der Waals surface area contributed by atoms with E-state index in [0.717, 1.165) is 5.69 Å². The Kier molecular flexibility index (Phi) is 2.93. The van der Waals surface area contributed by atoms with Gasteiger partial charge in [-0.25, -0.2) is 0 Å². The molecule has 0 spiro atoms. The highest BCUT2D eigenvalue weighted by Gasteiger charge is 2.27. The van der Waals surface area contributed by atoms with Crippen molar-refractivity contribution in [2.24, 2.45) is 0 Å². The lowest BCUT2D eigenvalue weighted by Crippen LogP contribution is -2.45. The molecule has 1 aliphatic heterocycles. The molecule has 0 amide bonds. The molecule has 0 atom stereocenters. The van der Waals surface area contributed by atoms with E-state index < -0.39 is 5.79 Å². The van der Waals surface area contributed by atoms with E-state index in [9.17, 15) is 0 Å². The van der Waals surface area contributed by atoms with Crippen LogP contribution in [0.25, 0.3) is 0 Å². The van der Waals surface area contributed by atoms with Gasteiger partial charge in [-0.3, -0.25) is 0 Å². The van der Waals surface area contributed by atoms with Crippen molar-refractivity contribution in [2.75, 3.05) is 18.5 Å². The van der Waals surface area contributed by atoms with E-state index in [4.69, 9.17) is 9.47 Å². The molecule has 15 heavy (non-hydrogen) atoms. The Morgan fingerprint density at radius 3 is 2.33 bits per heavy atom. The highest BCUT2D eigenvalue weighted by atomic mass is 16.7. The minimum absolute atomic E-state index is 0.237. The molecule has 3 nitrogen and oxygen atoms in total. The summed E-state index contributed by atoms with van der Waals surface area (Å²) in [6, 6.07) is 10.3. The lowest BCUT2D eigenvalue weighted by Gasteiger charge is -2.35. The maximum atomic E-state index is 5.57. The number of hydrogen-bond acceptors (Lipinski definition) is 3. The Morgan fingerprint density at radius 1 is 1.13 bits per heavy atom. The highest BCUT2D eigenvalue weighted by Crippen LogP contribution is 2.19. The summed E-state index contributed by atoms with van der Waals surface area (Å²) in [5.41, 5.74) is 1.11. The summed E-state index contributed by atoms with van der Waals surface area (Å²) in [4.78, 5) is 0. The maximum absolute atomic E-state index is 5.57. The number of hydrogen-bond donors (Lipinski definition) is 1. The van der Waals surface area contributed by atoms with Crippen LogP contribution in [0.3, 0.4) is 0 Å². The molecule has 1 heterocycles. The molecule has 1 fully saturated rings. The first-order valence-electron chi connectivity index (χ1n) is 5.25. The van der Waals surface area contributed by atoms with Gasteiger partial charge in [0.1, 0.15) is 0 Å². The maximum Gasteiger partial charge on any atom is 0.162 e. The van der Waals surface area contributed by atoms with Crippen molar-refractivity contribution in [3.8, 4) is 0 Å². The fourth-order valence-corrected chi connectivity index (χ4v) is 1.55. The van der Waals surface area contributed by atoms with E-state index >= 15 is 0 Å². The molecule has 1 aliphatic rings. The summed E-state index contributed by atoms with van der Waals surface area (Å²) in [5, 5.41) is 3.37. The first-order valence-corrected chi connectivity index (χ1v) is 5.25. The third-order valence-electron chi connectivity index (χ3n) is 2.41. The average Bonchev–Trinajstić information content (AvgIpc) is 2.23. The number of para-hydroxylation sites is 1. The zero-order valence-corrected chi connectivity index (χ0v) is 9.19. The predicted octanol–water partition coefficient (Wildman–Crippen LogP) is 2.25. The van der Waals surface area contributed by atoms with E-state index in [1.165, 1.54) is 0 Å². The van der Waals surface area contributed by atoms with E-state index in [0.29, 0.717) is 13.2 Å². The van der Waals surface area contributed by atoms with Gasteiger partial charge in [0.25, 0.3) is 0 Å². The molecular weight excluding hydrogens is 190 g/mol. The van der Waals surface area contributed by atoms with Crippen molar-refractivity contribution in [3.63, 3.8) is 0 Å². The lowest BCUT2D eigenvalue weighted by molar-refractivity contribution is -0.247. The molecule has 0 unspecified atom stereocenters. The number of anilines is 1. The summed E-state index contributed by atoms with van der Waals surface area (Å²) in [6.07, 6.45) is 0. The molecule has 1 N–H and O–H groups in total. The van der Waals surface area contributed by atoms with E-state index in [1.54, 1.807) is 0 Å². The number of ether oxygens (including phenoxy) is 2. The van der Waals surface area contributed by atoms with Crippen LogP contribution in [0.4, 0.5) is 5.69 Å². The van der Waals surface area contributed by atoms with Crippen molar-refractivity contribution in [1.29, 1.82) is 0 Å². The van der Waals surface area contributed by atoms with Gasteiger partial charge in [-0.05, 0) is 26.0 Å². The zero-order valence-electron chi connectivity index (χ0n) is 9.19. The van der Waals surface area contributed by atoms with E-state index in [2.05, 4.69) is 5.32 Å². The molecule has 1 aromatic rings. The largest absolute Gasteiger partial charge is 0.378 e.